The smallest absolute Gasteiger partial charge is 0.322 e. The minimum Gasteiger partial charge on any atom is -0.481 e. The second kappa shape index (κ2) is 6.93. The molecule has 21 heavy (non-hydrogen) atoms. The number of hydrogen-bond acceptors (Lipinski definition) is 2. The zero-order valence-corrected chi connectivity index (χ0v) is 14.3. The van der Waals surface area contributed by atoms with Gasteiger partial charge in [0.05, 0.1) is 6.42 Å². The van der Waals surface area contributed by atoms with Gasteiger partial charge < -0.3 is 15.3 Å². The fourth-order valence-electron chi connectivity index (χ4n) is 1.87. The first-order chi connectivity index (χ1) is 9.62. The van der Waals surface area contributed by atoms with Crippen LogP contribution in [0.2, 0.25) is 0 Å². The van der Waals surface area contributed by atoms with Gasteiger partial charge in [-0.15, -0.1) is 0 Å². The van der Waals surface area contributed by atoms with Crippen molar-refractivity contribution in [2.24, 2.45) is 0 Å². The van der Waals surface area contributed by atoms with Crippen molar-refractivity contribution in [3.8, 4) is 0 Å². The van der Waals surface area contributed by atoms with Gasteiger partial charge in [-0.25, -0.2) is 4.79 Å². The van der Waals surface area contributed by atoms with E-state index in [0.717, 1.165) is 10.0 Å². The molecular weight excluding hydrogens is 336 g/mol. The molecule has 0 saturated heterocycles. The SMILES string of the molecule is Cc1c(Br)cccc1NC(=O)N(CCC(=O)O)C(C)(C)C. The number of hydrogen-bond donors (Lipinski definition) is 2. The van der Waals surface area contributed by atoms with Crippen LogP contribution in [0.5, 0.6) is 0 Å². The third-order valence-electron chi connectivity index (χ3n) is 3.11. The Morgan fingerprint density at radius 3 is 2.48 bits per heavy atom. The van der Waals surface area contributed by atoms with Gasteiger partial charge in [0.2, 0.25) is 0 Å². The van der Waals surface area contributed by atoms with Crippen molar-refractivity contribution < 1.29 is 14.7 Å². The van der Waals surface area contributed by atoms with Crippen molar-refractivity contribution in [3.05, 3.63) is 28.2 Å². The predicted octanol–water partition coefficient (Wildman–Crippen LogP) is 3.86. The molecular formula is C15H21BrN2O3. The molecule has 1 rings (SSSR count). The first-order valence-corrected chi connectivity index (χ1v) is 7.47. The molecule has 0 aliphatic heterocycles. The highest BCUT2D eigenvalue weighted by Gasteiger charge is 2.27. The summed E-state index contributed by atoms with van der Waals surface area (Å²) < 4.78 is 0.910. The van der Waals surface area contributed by atoms with Crippen LogP contribution in [0.3, 0.4) is 0 Å². The summed E-state index contributed by atoms with van der Waals surface area (Å²) in [5.74, 6) is -0.921. The van der Waals surface area contributed by atoms with E-state index in [0.29, 0.717) is 5.69 Å². The quantitative estimate of drug-likeness (QED) is 0.860. The van der Waals surface area contributed by atoms with E-state index in [2.05, 4.69) is 21.2 Å². The highest BCUT2D eigenvalue weighted by atomic mass is 79.9. The number of carboxylic acid groups (broad SMARTS) is 1. The van der Waals surface area contributed by atoms with Crippen molar-refractivity contribution in [2.75, 3.05) is 11.9 Å². The van der Waals surface area contributed by atoms with Gasteiger partial charge in [-0.2, -0.15) is 0 Å². The number of benzene rings is 1. The summed E-state index contributed by atoms with van der Waals surface area (Å²) in [6, 6.07) is 5.25. The van der Waals surface area contributed by atoms with Gasteiger partial charge in [0.15, 0.2) is 0 Å². The lowest BCUT2D eigenvalue weighted by molar-refractivity contribution is -0.137. The highest BCUT2D eigenvalue weighted by molar-refractivity contribution is 9.10. The Morgan fingerprint density at radius 1 is 1.33 bits per heavy atom. The molecule has 0 unspecified atom stereocenters. The van der Waals surface area contributed by atoms with Crippen LogP contribution in [0.15, 0.2) is 22.7 Å². The van der Waals surface area contributed by atoms with Crippen LogP contribution in [0.4, 0.5) is 10.5 Å². The maximum Gasteiger partial charge on any atom is 0.322 e. The molecule has 0 heterocycles. The summed E-state index contributed by atoms with van der Waals surface area (Å²) in [7, 11) is 0. The Balaban J connectivity index is 2.91. The summed E-state index contributed by atoms with van der Waals surface area (Å²) in [4.78, 5) is 24.7. The van der Waals surface area contributed by atoms with Crippen molar-refractivity contribution in [3.63, 3.8) is 0 Å². The summed E-state index contributed by atoms with van der Waals surface area (Å²) in [6.45, 7) is 7.70. The van der Waals surface area contributed by atoms with E-state index in [4.69, 9.17) is 5.11 Å². The second-order valence-electron chi connectivity index (χ2n) is 5.81. The third kappa shape index (κ3) is 5.04. The molecule has 0 aromatic heterocycles. The number of urea groups is 1. The number of aliphatic carboxylic acids is 1. The zero-order valence-electron chi connectivity index (χ0n) is 12.7. The zero-order chi connectivity index (χ0) is 16.2. The largest absolute Gasteiger partial charge is 0.481 e. The Morgan fingerprint density at radius 2 is 1.95 bits per heavy atom. The lowest BCUT2D eigenvalue weighted by Crippen LogP contribution is -2.48. The van der Waals surface area contributed by atoms with Gasteiger partial charge in [0.1, 0.15) is 0 Å². The maximum absolute atomic E-state index is 12.4. The number of carbonyl (C=O) groups excluding carboxylic acids is 1. The van der Waals surface area contributed by atoms with E-state index in [1.165, 1.54) is 4.90 Å². The van der Waals surface area contributed by atoms with E-state index < -0.39 is 11.5 Å². The lowest BCUT2D eigenvalue weighted by Gasteiger charge is -2.35. The van der Waals surface area contributed by atoms with Crippen LogP contribution in [0.25, 0.3) is 0 Å². The Hall–Kier alpha value is -1.56. The van der Waals surface area contributed by atoms with E-state index >= 15 is 0 Å². The molecule has 0 fully saturated rings. The number of nitrogens with one attached hydrogen (secondary N) is 1. The maximum atomic E-state index is 12.4. The number of halogens is 1. The number of nitrogens with zero attached hydrogens (tertiary/aromatic N) is 1. The molecule has 1 aromatic rings. The van der Waals surface area contributed by atoms with Gasteiger partial charge in [-0.05, 0) is 45.4 Å². The van der Waals surface area contributed by atoms with Crippen molar-refractivity contribution in [2.45, 2.75) is 39.7 Å². The molecule has 0 bridgehead atoms. The minimum atomic E-state index is -0.921. The summed E-state index contributed by atoms with van der Waals surface area (Å²) in [6.07, 6.45) is -0.0812. The monoisotopic (exact) mass is 356 g/mol. The van der Waals surface area contributed by atoms with Gasteiger partial charge in [-0.1, -0.05) is 22.0 Å². The third-order valence-corrected chi connectivity index (χ3v) is 3.97. The van der Waals surface area contributed by atoms with Crippen LogP contribution in [-0.4, -0.2) is 34.1 Å². The van der Waals surface area contributed by atoms with Gasteiger partial charge in [0.25, 0.3) is 0 Å². The average molecular weight is 357 g/mol. The standard InChI is InChI=1S/C15H21BrN2O3/c1-10-11(16)6-5-7-12(10)17-14(21)18(15(2,3)4)9-8-13(19)20/h5-7H,8-9H2,1-4H3,(H,17,21)(H,19,20). The molecule has 116 valence electrons. The Labute approximate surface area is 133 Å². The molecule has 0 aliphatic rings. The molecule has 2 N–H and O–H groups in total. The second-order valence-corrected chi connectivity index (χ2v) is 6.66. The molecule has 0 saturated carbocycles. The molecule has 0 spiro atoms. The fraction of sp³-hybridized carbons (Fsp3) is 0.467. The van der Waals surface area contributed by atoms with Crippen molar-refractivity contribution in [1.82, 2.24) is 4.90 Å². The van der Waals surface area contributed by atoms with Crippen LogP contribution in [0.1, 0.15) is 32.8 Å². The first kappa shape index (κ1) is 17.5. The normalized spacial score (nSPS) is 11.1. The number of carboxylic acids is 1. The van der Waals surface area contributed by atoms with Gasteiger partial charge in [0, 0.05) is 22.2 Å². The predicted molar refractivity (Wildman–Crippen MR) is 86.6 cm³/mol. The number of rotatable bonds is 4. The molecule has 1 aromatic carbocycles. The molecule has 0 atom stereocenters. The molecule has 0 aliphatic carbocycles. The first-order valence-electron chi connectivity index (χ1n) is 6.68. The Bertz CT molecular complexity index is 538. The Kier molecular flexibility index (Phi) is 5.78. The summed E-state index contributed by atoms with van der Waals surface area (Å²) in [5.41, 5.74) is 1.18. The van der Waals surface area contributed by atoms with Crippen LogP contribution in [-0.2, 0) is 4.79 Å². The van der Waals surface area contributed by atoms with E-state index in [-0.39, 0.29) is 19.0 Å². The van der Waals surface area contributed by atoms with Crippen LogP contribution in [0, 0.1) is 6.92 Å². The number of anilines is 1. The number of carbonyl (C=O) groups is 2. The van der Waals surface area contributed by atoms with Crippen LogP contribution < -0.4 is 5.32 Å². The van der Waals surface area contributed by atoms with E-state index in [1.54, 1.807) is 0 Å². The average Bonchev–Trinajstić information content (AvgIpc) is 2.33. The molecule has 2 amide bonds. The lowest BCUT2D eigenvalue weighted by atomic mass is 10.1. The minimum absolute atomic E-state index is 0.0812. The van der Waals surface area contributed by atoms with Gasteiger partial charge in [-0.3, -0.25) is 4.79 Å². The van der Waals surface area contributed by atoms with Crippen molar-refractivity contribution in [1.29, 1.82) is 0 Å². The fourth-order valence-corrected chi connectivity index (χ4v) is 2.24. The number of amides is 2. The summed E-state index contributed by atoms with van der Waals surface area (Å²) >= 11 is 3.42. The molecule has 5 nitrogen and oxygen atoms in total. The van der Waals surface area contributed by atoms with Crippen LogP contribution >= 0.6 is 15.9 Å². The molecule has 0 radical (unpaired) electrons. The van der Waals surface area contributed by atoms with E-state index in [9.17, 15) is 9.59 Å². The summed E-state index contributed by atoms with van der Waals surface area (Å²) in [5, 5.41) is 11.7. The topological polar surface area (TPSA) is 69.6 Å². The van der Waals surface area contributed by atoms with Crippen molar-refractivity contribution >= 4 is 33.6 Å². The van der Waals surface area contributed by atoms with Gasteiger partial charge >= 0.3 is 12.0 Å². The molecule has 6 heteroatoms. The highest BCUT2D eigenvalue weighted by Crippen LogP contribution is 2.24. The van der Waals surface area contributed by atoms with E-state index in [1.807, 2.05) is 45.9 Å².